The molecule has 0 radical (unpaired) electrons. The highest BCUT2D eigenvalue weighted by atomic mass is 32.2. The molecule has 1 aliphatic rings. The Kier molecular flexibility index (Phi) is 6.89. The smallest absolute Gasteiger partial charge is 0.234 e. The zero-order valence-electron chi connectivity index (χ0n) is 21.2. The van der Waals surface area contributed by atoms with Crippen molar-refractivity contribution in [3.8, 4) is 6.07 Å². The lowest BCUT2D eigenvalue weighted by molar-refractivity contribution is -0.113. The maximum Gasteiger partial charge on any atom is 0.234 e. The first-order valence-corrected chi connectivity index (χ1v) is 13.1. The third-order valence-electron chi connectivity index (χ3n) is 6.30. The van der Waals surface area contributed by atoms with E-state index in [4.69, 9.17) is 4.74 Å². The predicted octanol–water partition coefficient (Wildman–Crippen LogP) is 5.13. The number of nitrogens with zero attached hydrogens (tertiary/aromatic N) is 4. The Bertz CT molecular complexity index is 1570. The number of carbonyl (C=O) groups excluding carboxylic acids is 2. The Morgan fingerprint density at radius 3 is 2.50 bits per heavy atom. The molecule has 1 amide bonds. The zero-order chi connectivity index (χ0) is 26.9. The number of thioether (sulfide) groups is 1. The highest BCUT2D eigenvalue weighted by Gasteiger charge is 2.33. The molecule has 0 atom stereocenters. The fraction of sp³-hybridized carbons (Fsp3) is 0.250. The van der Waals surface area contributed by atoms with Crippen LogP contribution in [-0.4, -0.2) is 37.6 Å². The number of pyridine rings is 1. The normalized spacial score (nSPS) is 13.9. The van der Waals surface area contributed by atoms with Crippen LogP contribution >= 0.6 is 11.8 Å². The van der Waals surface area contributed by atoms with Crippen LogP contribution in [0.2, 0.25) is 0 Å². The molecule has 0 saturated carbocycles. The lowest BCUT2D eigenvalue weighted by Crippen LogP contribution is -2.33. The summed E-state index contributed by atoms with van der Waals surface area (Å²) in [6.07, 6.45) is 0.561. The van der Waals surface area contributed by atoms with Crippen molar-refractivity contribution < 1.29 is 14.3 Å². The van der Waals surface area contributed by atoms with E-state index < -0.39 is 5.60 Å². The van der Waals surface area contributed by atoms with E-state index in [1.807, 2.05) is 44.2 Å². The molecule has 0 bridgehead atoms. The number of rotatable bonds is 7. The highest BCUT2D eigenvalue weighted by molar-refractivity contribution is 7.99. The van der Waals surface area contributed by atoms with E-state index in [9.17, 15) is 14.9 Å². The number of hydrogen-bond donors (Lipinski definition) is 2. The van der Waals surface area contributed by atoms with Gasteiger partial charge in [0.05, 0.1) is 23.5 Å². The van der Waals surface area contributed by atoms with E-state index in [1.54, 1.807) is 28.7 Å². The maximum absolute atomic E-state index is 12.7. The summed E-state index contributed by atoms with van der Waals surface area (Å²) in [5.74, 6) is 0.356. The summed E-state index contributed by atoms with van der Waals surface area (Å²) in [6, 6.07) is 18.7. The number of para-hydroxylation sites is 1. The minimum atomic E-state index is -0.417. The molecule has 0 fully saturated rings. The molecule has 2 aromatic heterocycles. The van der Waals surface area contributed by atoms with E-state index >= 15 is 0 Å². The highest BCUT2D eigenvalue weighted by Crippen LogP contribution is 2.38. The minimum Gasteiger partial charge on any atom is -0.370 e. The molecule has 0 aliphatic carbocycles. The van der Waals surface area contributed by atoms with E-state index in [2.05, 4.69) is 26.9 Å². The summed E-state index contributed by atoms with van der Waals surface area (Å²) < 4.78 is 7.85. The monoisotopic (exact) mass is 526 g/mol. The van der Waals surface area contributed by atoms with Crippen molar-refractivity contribution in [2.24, 2.45) is 0 Å². The van der Waals surface area contributed by atoms with Crippen LogP contribution in [0.1, 0.15) is 47.8 Å². The summed E-state index contributed by atoms with van der Waals surface area (Å²) in [4.78, 5) is 24.2. The fourth-order valence-electron chi connectivity index (χ4n) is 4.40. The number of anilines is 3. The summed E-state index contributed by atoms with van der Waals surface area (Å²) in [7, 11) is 0. The van der Waals surface area contributed by atoms with Gasteiger partial charge in [-0.1, -0.05) is 30.0 Å². The number of ketones is 1. The van der Waals surface area contributed by atoms with Crippen molar-refractivity contribution >= 4 is 46.3 Å². The molecule has 0 spiro atoms. The average Bonchev–Trinajstić information content (AvgIpc) is 3.32. The second-order valence-electron chi connectivity index (χ2n) is 9.62. The lowest BCUT2D eigenvalue weighted by Gasteiger charge is -2.33. The molecular weight excluding hydrogens is 500 g/mol. The van der Waals surface area contributed by atoms with Gasteiger partial charge in [-0.3, -0.25) is 14.0 Å². The molecule has 9 nitrogen and oxygen atoms in total. The van der Waals surface area contributed by atoms with Gasteiger partial charge in [0.2, 0.25) is 5.91 Å². The van der Waals surface area contributed by atoms with Crippen molar-refractivity contribution in [1.82, 2.24) is 14.6 Å². The van der Waals surface area contributed by atoms with Crippen LogP contribution in [-0.2, 0) is 22.6 Å². The molecular formula is C28H26N6O3S. The quantitative estimate of drug-likeness (QED) is 0.251. The first-order chi connectivity index (χ1) is 18.3. The molecule has 0 saturated heterocycles. The second kappa shape index (κ2) is 10.3. The fourth-order valence-corrected chi connectivity index (χ4v) is 5.14. The number of carbonyl (C=O) groups is 2. The van der Waals surface area contributed by atoms with Gasteiger partial charge in [-0.25, -0.2) is 0 Å². The van der Waals surface area contributed by atoms with Crippen molar-refractivity contribution in [3.63, 3.8) is 0 Å². The summed E-state index contributed by atoms with van der Waals surface area (Å²) in [5, 5.41) is 25.8. The number of nitriles is 1. The first kappa shape index (κ1) is 25.4. The molecule has 1 aliphatic heterocycles. The zero-order valence-corrected chi connectivity index (χ0v) is 22.1. The van der Waals surface area contributed by atoms with E-state index in [-0.39, 0.29) is 17.4 Å². The number of aromatic nitrogens is 3. The molecule has 192 valence electrons. The van der Waals surface area contributed by atoms with E-state index in [0.717, 1.165) is 16.8 Å². The largest absolute Gasteiger partial charge is 0.370 e. The van der Waals surface area contributed by atoms with Gasteiger partial charge in [-0.15, -0.1) is 10.2 Å². The summed E-state index contributed by atoms with van der Waals surface area (Å²) >= 11 is 1.22. The van der Waals surface area contributed by atoms with Crippen LogP contribution in [0.5, 0.6) is 0 Å². The third kappa shape index (κ3) is 5.11. The van der Waals surface area contributed by atoms with Crippen molar-refractivity contribution in [3.05, 3.63) is 76.9 Å². The Balaban J connectivity index is 1.49. The van der Waals surface area contributed by atoms with Gasteiger partial charge in [0.1, 0.15) is 11.9 Å². The van der Waals surface area contributed by atoms with Gasteiger partial charge < -0.3 is 15.4 Å². The topological polar surface area (TPSA) is 121 Å². The number of nitrogens with one attached hydrogen (secondary N) is 2. The van der Waals surface area contributed by atoms with Gasteiger partial charge in [0.25, 0.3) is 0 Å². The van der Waals surface area contributed by atoms with Gasteiger partial charge in [0, 0.05) is 28.9 Å². The Labute approximate surface area is 224 Å². The number of hydrogen-bond acceptors (Lipinski definition) is 8. The molecule has 2 aromatic carbocycles. The minimum absolute atomic E-state index is 0.0371. The Morgan fingerprint density at radius 2 is 1.82 bits per heavy atom. The molecule has 0 unspecified atom stereocenters. The van der Waals surface area contributed by atoms with Crippen molar-refractivity contribution in [2.75, 3.05) is 16.4 Å². The van der Waals surface area contributed by atoms with Crippen LogP contribution in [0.25, 0.3) is 5.65 Å². The lowest BCUT2D eigenvalue weighted by atomic mass is 9.89. The van der Waals surface area contributed by atoms with Crippen LogP contribution in [0.15, 0.2) is 59.8 Å². The van der Waals surface area contributed by atoms with E-state index in [1.165, 1.54) is 18.7 Å². The van der Waals surface area contributed by atoms with E-state index in [0.29, 0.717) is 46.5 Å². The molecule has 5 rings (SSSR count). The third-order valence-corrected chi connectivity index (χ3v) is 7.22. The number of fused-ring (bicyclic) bond motifs is 3. The number of Topliss-reactive ketones (excluding diaryl/α,β-unsaturated/α-hetero) is 1. The van der Waals surface area contributed by atoms with Gasteiger partial charge >= 0.3 is 0 Å². The standard InChI is InChI=1S/C28H26N6O3S/c1-17(35)18-9-11-20(12-10-18)30-24(36)16-38-27-33-32-26-23-15-37-28(2,3)13-21(23)22(14-29)25(34(26)27)31-19-7-5-4-6-8-19/h4-12,31H,13,15-16H2,1-3H3,(H,30,36). The van der Waals surface area contributed by atoms with Gasteiger partial charge in [-0.2, -0.15) is 5.26 Å². The number of benzene rings is 2. The maximum atomic E-state index is 12.7. The SMILES string of the molecule is CC(=O)c1ccc(NC(=O)CSc2nnc3c4c(c(C#N)c(Nc5ccccc5)n23)CC(C)(C)OC4)cc1. The van der Waals surface area contributed by atoms with Crippen molar-refractivity contribution in [2.45, 2.75) is 44.6 Å². The molecule has 38 heavy (non-hydrogen) atoms. The second-order valence-corrected chi connectivity index (χ2v) is 10.6. The Morgan fingerprint density at radius 1 is 1.08 bits per heavy atom. The molecule has 2 N–H and O–H groups in total. The van der Waals surface area contributed by atoms with Gasteiger partial charge in [0.15, 0.2) is 16.6 Å². The van der Waals surface area contributed by atoms with Crippen LogP contribution in [0, 0.1) is 11.3 Å². The summed E-state index contributed by atoms with van der Waals surface area (Å²) in [6.45, 7) is 5.81. The number of ether oxygens (including phenoxy) is 1. The summed E-state index contributed by atoms with van der Waals surface area (Å²) in [5.41, 5.74) is 4.39. The van der Waals surface area contributed by atoms with Crippen molar-refractivity contribution in [1.29, 1.82) is 5.26 Å². The molecule has 10 heteroatoms. The Hall–Kier alpha value is -4.20. The predicted molar refractivity (Wildman–Crippen MR) is 146 cm³/mol. The molecule has 3 heterocycles. The number of amides is 1. The first-order valence-electron chi connectivity index (χ1n) is 12.1. The average molecular weight is 527 g/mol. The van der Waals surface area contributed by atoms with Gasteiger partial charge in [-0.05, 0) is 62.7 Å². The van der Waals surface area contributed by atoms with Crippen LogP contribution in [0.4, 0.5) is 17.2 Å². The molecule has 4 aromatic rings. The van der Waals surface area contributed by atoms with Crippen LogP contribution in [0.3, 0.4) is 0 Å². The van der Waals surface area contributed by atoms with Crippen LogP contribution < -0.4 is 10.6 Å².